The highest BCUT2D eigenvalue weighted by molar-refractivity contribution is 9.15. The lowest BCUT2D eigenvalue weighted by atomic mass is 10.2. The number of hydrogen-bond acceptors (Lipinski definition) is 1. The second-order valence-corrected chi connectivity index (χ2v) is 4.72. The molecule has 0 aliphatic heterocycles. The van der Waals surface area contributed by atoms with Crippen LogP contribution in [0.1, 0.15) is 11.8 Å². The third kappa shape index (κ3) is 1.69. The van der Waals surface area contributed by atoms with Crippen LogP contribution < -0.4 is 0 Å². The van der Waals surface area contributed by atoms with Crippen LogP contribution in [0.4, 0.5) is 0 Å². The minimum atomic E-state index is 1.17. The zero-order valence-electron chi connectivity index (χ0n) is 7.25. The van der Waals surface area contributed by atoms with Crippen LogP contribution in [0, 0.1) is 0 Å². The van der Waals surface area contributed by atoms with Gasteiger partial charge in [-0.15, -0.1) is 11.3 Å². The fourth-order valence-corrected chi connectivity index (χ4v) is 2.63. The molecule has 0 fully saturated rings. The molecule has 0 saturated carbocycles. The van der Waals surface area contributed by atoms with Crippen molar-refractivity contribution in [2.75, 3.05) is 0 Å². The first kappa shape index (κ1) is 8.97. The Morgan fingerprint density at radius 3 is 2.85 bits per heavy atom. The van der Waals surface area contributed by atoms with Gasteiger partial charge in [0.25, 0.3) is 0 Å². The van der Waals surface area contributed by atoms with Crippen LogP contribution in [0.3, 0.4) is 0 Å². The molecule has 2 rings (SSSR count). The highest BCUT2D eigenvalue weighted by atomic mass is 79.9. The fourth-order valence-electron chi connectivity index (χ4n) is 1.24. The Labute approximate surface area is 90.0 Å². The summed E-state index contributed by atoms with van der Waals surface area (Å²) in [5.74, 6) is 0. The van der Waals surface area contributed by atoms with Gasteiger partial charge in [0.1, 0.15) is 0 Å². The number of rotatable bonds is 1. The van der Waals surface area contributed by atoms with E-state index in [0.717, 1.165) is 0 Å². The first-order valence-corrected chi connectivity index (χ1v) is 5.73. The minimum absolute atomic E-state index is 1.17. The molecule has 0 aliphatic carbocycles. The van der Waals surface area contributed by atoms with Crippen LogP contribution in [0.25, 0.3) is 14.6 Å². The number of halogens is 1. The van der Waals surface area contributed by atoms with Crippen molar-refractivity contribution in [2.45, 2.75) is 6.92 Å². The van der Waals surface area contributed by atoms with E-state index in [0.29, 0.717) is 0 Å². The minimum Gasteiger partial charge on any atom is -0.135 e. The van der Waals surface area contributed by atoms with Gasteiger partial charge in [-0.05, 0) is 40.4 Å². The highest BCUT2D eigenvalue weighted by Gasteiger charge is 2.02. The number of benzene rings is 1. The number of hydrogen-bond donors (Lipinski definition) is 0. The van der Waals surface area contributed by atoms with E-state index in [9.17, 15) is 0 Å². The molecule has 0 aliphatic rings. The molecular formula is C11H9BrS. The van der Waals surface area contributed by atoms with Gasteiger partial charge in [-0.1, -0.05) is 24.3 Å². The van der Waals surface area contributed by atoms with Gasteiger partial charge in [-0.25, -0.2) is 0 Å². The summed E-state index contributed by atoms with van der Waals surface area (Å²) in [5.41, 5.74) is 0. The topological polar surface area (TPSA) is 0 Å². The van der Waals surface area contributed by atoms with Gasteiger partial charge < -0.3 is 0 Å². The molecule has 66 valence electrons. The molecule has 2 aromatic rings. The van der Waals surface area contributed by atoms with Gasteiger partial charge >= 0.3 is 0 Å². The molecule has 0 spiro atoms. The average Bonchev–Trinajstić information content (AvgIpc) is 2.59. The van der Waals surface area contributed by atoms with Gasteiger partial charge in [0, 0.05) is 14.1 Å². The van der Waals surface area contributed by atoms with Crippen molar-refractivity contribution in [1.29, 1.82) is 0 Å². The monoisotopic (exact) mass is 252 g/mol. The van der Waals surface area contributed by atoms with Crippen molar-refractivity contribution in [2.24, 2.45) is 0 Å². The molecule has 2 heteroatoms. The number of allylic oxidation sites excluding steroid dienone is 1. The predicted molar refractivity (Wildman–Crippen MR) is 64.4 cm³/mol. The summed E-state index contributed by atoms with van der Waals surface area (Å²) in [6.07, 6.45) is 2.07. The van der Waals surface area contributed by atoms with E-state index in [1.165, 1.54) is 19.4 Å². The lowest BCUT2D eigenvalue weighted by Crippen LogP contribution is -1.62. The van der Waals surface area contributed by atoms with Crippen molar-refractivity contribution in [1.82, 2.24) is 0 Å². The van der Waals surface area contributed by atoms with Crippen molar-refractivity contribution in [3.05, 3.63) is 41.3 Å². The molecule has 0 N–H and O–H groups in total. The Morgan fingerprint density at radius 2 is 2.15 bits per heavy atom. The van der Waals surface area contributed by atoms with Gasteiger partial charge in [0.05, 0.1) is 0 Å². The fraction of sp³-hybridized carbons (Fsp3) is 0.0909. The summed E-state index contributed by atoms with van der Waals surface area (Å²) in [4.78, 5) is 1.30. The summed E-state index contributed by atoms with van der Waals surface area (Å²) in [5, 5.41) is 1.32. The van der Waals surface area contributed by atoms with E-state index in [1.54, 1.807) is 0 Å². The van der Waals surface area contributed by atoms with Crippen LogP contribution >= 0.6 is 27.3 Å². The quantitative estimate of drug-likeness (QED) is 0.693. The molecule has 0 unspecified atom stereocenters. The Balaban J connectivity index is 2.62. The average molecular weight is 253 g/mol. The maximum absolute atomic E-state index is 3.53. The summed E-state index contributed by atoms with van der Waals surface area (Å²) in [6.45, 7) is 2.04. The number of thiophene rings is 1. The molecule has 0 radical (unpaired) electrons. The van der Waals surface area contributed by atoms with Gasteiger partial charge in [0.2, 0.25) is 0 Å². The first-order chi connectivity index (χ1) is 6.31. The third-order valence-corrected chi connectivity index (χ3v) is 4.21. The molecule has 0 saturated heterocycles. The Morgan fingerprint density at radius 1 is 1.38 bits per heavy atom. The Bertz CT molecular complexity index is 421. The SMILES string of the molecule is CC=C(Br)c1cc2ccccc2s1. The molecule has 0 bridgehead atoms. The summed E-state index contributed by atoms with van der Waals surface area (Å²) in [6, 6.07) is 10.7. The molecule has 1 heterocycles. The maximum atomic E-state index is 3.53. The second-order valence-electron chi connectivity index (χ2n) is 2.79. The van der Waals surface area contributed by atoms with E-state index < -0.39 is 0 Å². The van der Waals surface area contributed by atoms with Crippen molar-refractivity contribution < 1.29 is 0 Å². The summed E-state index contributed by atoms with van der Waals surface area (Å²) >= 11 is 5.35. The lowest BCUT2D eigenvalue weighted by Gasteiger charge is -1.88. The molecular weight excluding hydrogens is 244 g/mol. The van der Waals surface area contributed by atoms with Crippen molar-refractivity contribution in [3.8, 4) is 0 Å². The van der Waals surface area contributed by atoms with Gasteiger partial charge in [-0.3, -0.25) is 0 Å². The Hall–Kier alpha value is -0.600. The lowest BCUT2D eigenvalue weighted by molar-refractivity contribution is 1.78. The molecule has 13 heavy (non-hydrogen) atoms. The molecule has 0 nitrogen and oxygen atoms in total. The van der Waals surface area contributed by atoms with Crippen LogP contribution in [0.5, 0.6) is 0 Å². The maximum Gasteiger partial charge on any atom is 0.0421 e. The first-order valence-electron chi connectivity index (χ1n) is 4.12. The van der Waals surface area contributed by atoms with E-state index >= 15 is 0 Å². The van der Waals surface area contributed by atoms with Crippen molar-refractivity contribution >= 4 is 41.8 Å². The molecule has 1 aromatic heterocycles. The number of fused-ring (bicyclic) bond motifs is 1. The molecule has 1 aromatic carbocycles. The molecule has 0 atom stereocenters. The van der Waals surface area contributed by atoms with Crippen LogP contribution in [0.15, 0.2) is 36.4 Å². The van der Waals surface area contributed by atoms with Crippen LogP contribution in [0.2, 0.25) is 0 Å². The normalized spacial score (nSPS) is 12.3. The smallest absolute Gasteiger partial charge is 0.0421 e. The summed E-state index contributed by atoms with van der Waals surface area (Å²) < 4.78 is 2.52. The third-order valence-electron chi connectivity index (χ3n) is 1.91. The zero-order valence-corrected chi connectivity index (χ0v) is 9.65. The van der Waals surface area contributed by atoms with E-state index in [-0.39, 0.29) is 0 Å². The van der Waals surface area contributed by atoms with E-state index in [4.69, 9.17) is 0 Å². The van der Waals surface area contributed by atoms with Gasteiger partial charge in [0.15, 0.2) is 0 Å². The summed E-state index contributed by atoms with van der Waals surface area (Å²) in [7, 11) is 0. The van der Waals surface area contributed by atoms with Crippen LogP contribution in [-0.2, 0) is 0 Å². The zero-order chi connectivity index (χ0) is 9.26. The van der Waals surface area contributed by atoms with Crippen LogP contribution in [-0.4, -0.2) is 0 Å². The Kier molecular flexibility index (Phi) is 2.51. The van der Waals surface area contributed by atoms with Gasteiger partial charge in [-0.2, -0.15) is 0 Å². The van der Waals surface area contributed by atoms with Crippen molar-refractivity contribution in [3.63, 3.8) is 0 Å². The largest absolute Gasteiger partial charge is 0.135 e. The predicted octanol–water partition coefficient (Wildman–Crippen LogP) is 4.66. The van der Waals surface area contributed by atoms with E-state index in [1.807, 2.05) is 18.3 Å². The molecule has 0 amide bonds. The second kappa shape index (κ2) is 3.64. The highest BCUT2D eigenvalue weighted by Crippen LogP contribution is 2.32. The van der Waals surface area contributed by atoms with E-state index in [2.05, 4.69) is 52.3 Å². The standard InChI is InChI=1S/C11H9BrS/c1-2-9(12)11-7-8-5-3-4-6-10(8)13-11/h2-7H,1H3.